The van der Waals surface area contributed by atoms with Gasteiger partial charge in [0.15, 0.2) is 5.78 Å². The number of carbonyl (C=O) groups excluding carboxylic acids is 1. The Balaban J connectivity index is 3.00. The van der Waals surface area contributed by atoms with Gasteiger partial charge < -0.3 is 0 Å². The Morgan fingerprint density at radius 1 is 1.24 bits per heavy atom. The van der Waals surface area contributed by atoms with Gasteiger partial charge in [0, 0.05) is 5.56 Å². The number of hydrogen-bond acceptors (Lipinski definition) is 1. The lowest BCUT2D eigenvalue weighted by molar-refractivity contribution is 0.101. The van der Waals surface area contributed by atoms with Crippen LogP contribution in [0.1, 0.15) is 63.4 Å². The van der Waals surface area contributed by atoms with E-state index in [-0.39, 0.29) is 11.2 Å². The van der Waals surface area contributed by atoms with E-state index in [0.717, 1.165) is 12.0 Å². The number of Topliss-reactive ketones (excluding diaryl/α,β-unsaturated/α-hetero) is 1. The third kappa shape index (κ3) is 3.42. The molecule has 1 unspecified atom stereocenters. The van der Waals surface area contributed by atoms with Crippen molar-refractivity contribution in [3.05, 3.63) is 35.4 Å². The molecule has 0 saturated heterocycles. The lowest BCUT2D eigenvalue weighted by Gasteiger charge is -2.31. The normalized spacial score (nSPS) is 14.7. The van der Waals surface area contributed by atoms with Crippen molar-refractivity contribution < 1.29 is 4.79 Å². The first-order valence-electron chi connectivity index (χ1n) is 6.50. The molecule has 0 saturated carbocycles. The zero-order chi connectivity index (χ0) is 13.1. The fourth-order valence-electron chi connectivity index (χ4n) is 2.47. The molecule has 0 spiro atoms. The van der Waals surface area contributed by atoms with Gasteiger partial charge in [0.05, 0.1) is 0 Å². The summed E-state index contributed by atoms with van der Waals surface area (Å²) >= 11 is 0. The minimum absolute atomic E-state index is 0.138. The number of ketones is 1. The van der Waals surface area contributed by atoms with E-state index in [1.165, 1.54) is 12.0 Å². The van der Waals surface area contributed by atoms with Crippen molar-refractivity contribution in [1.29, 1.82) is 0 Å². The van der Waals surface area contributed by atoms with Gasteiger partial charge in [0.2, 0.25) is 0 Å². The van der Waals surface area contributed by atoms with E-state index in [1.54, 1.807) is 6.92 Å². The zero-order valence-corrected chi connectivity index (χ0v) is 11.7. The maximum Gasteiger partial charge on any atom is 0.159 e. The minimum Gasteiger partial charge on any atom is -0.295 e. The Morgan fingerprint density at radius 3 is 2.12 bits per heavy atom. The van der Waals surface area contributed by atoms with Crippen LogP contribution in [0.3, 0.4) is 0 Å². The molecule has 0 fully saturated rings. The molecule has 0 amide bonds. The van der Waals surface area contributed by atoms with E-state index in [1.807, 2.05) is 12.1 Å². The topological polar surface area (TPSA) is 17.1 Å². The summed E-state index contributed by atoms with van der Waals surface area (Å²) in [4.78, 5) is 11.3. The molecule has 0 N–H and O–H groups in total. The lowest BCUT2D eigenvalue weighted by atomic mass is 9.74. The van der Waals surface area contributed by atoms with Crippen LogP contribution in [0.2, 0.25) is 0 Å². The van der Waals surface area contributed by atoms with Crippen LogP contribution in [0.5, 0.6) is 0 Å². The van der Waals surface area contributed by atoms with Crippen LogP contribution in [-0.4, -0.2) is 5.78 Å². The van der Waals surface area contributed by atoms with E-state index >= 15 is 0 Å². The maximum absolute atomic E-state index is 11.3. The van der Waals surface area contributed by atoms with Crippen LogP contribution in [0.25, 0.3) is 0 Å². The van der Waals surface area contributed by atoms with E-state index in [9.17, 15) is 4.79 Å². The van der Waals surface area contributed by atoms with Crippen molar-refractivity contribution in [3.63, 3.8) is 0 Å². The van der Waals surface area contributed by atoms with Crippen LogP contribution in [-0.2, 0) is 5.41 Å². The number of carbonyl (C=O) groups is 1. The Morgan fingerprint density at radius 2 is 1.76 bits per heavy atom. The van der Waals surface area contributed by atoms with Crippen molar-refractivity contribution in [2.45, 2.75) is 52.9 Å². The second-order valence-electron chi connectivity index (χ2n) is 5.65. The molecule has 0 radical (unpaired) electrons. The first kappa shape index (κ1) is 14.0. The Kier molecular flexibility index (Phi) is 4.50. The van der Waals surface area contributed by atoms with Gasteiger partial charge in [-0.25, -0.2) is 0 Å². The molecule has 0 aromatic heterocycles. The molecular formula is C16H24O. The standard InChI is InChI=1S/C16H24O/c1-6-16(5,11-12(2)3)15-9-7-14(8-10-15)13(4)17/h7-10,12H,6,11H2,1-5H3. The third-order valence-electron chi connectivity index (χ3n) is 3.63. The highest BCUT2D eigenvalue weighted by molar-refractivity contribution is 5.94. The van der Waals surface area contributed by atoms with Crippen molar-refractivity contribution in [1.82, 2.24) is 0 Å². The highest BCUT2D eigenvalue weighted by Crippen LogP contribution is 2.34. The van der Waals surface area contributed by atoms with Crippen molar-refractivity contribution in [3.8, 4) is 0 Å². The molecule has 1 rings (SSSR count). The number of hydrogen-bond donors (Lipinski definition) is 0. The summed E-state index contributed by atoms with van der Waals surface area (Å²) in [6.45, 7) is 10.7. The van der Waals surface area contributed by atoms with Crippen LogP contribution in [0.4, 0.5) is 0 Å². The van der Waals surface area contributed by atoms with Gasteiger partial charge in [-0.2, -0.15) is 0 Å². The molecule has 1 heteroatoms. The molecule has 0 bridgehead atoms. The van der Waals surface area contributed by atoms with Crippen molar-refractivity contribution >= 4 is 5.78 Å². The van der Waals surface area contributed by atoms with Crippen LogP contribution < -0.4 is 0 Å². The fraction of sp³-hybridized carbons (Fsp3) is 0.562. The van der Waals surface area contributed by atoms with Gasteiger partial charge in [0.25, 0.3) is 0 Å². The quantitative estimate of drug-likeness (QED) is 0.678. The highest BCUT2D eigenvalue weighted by Gasteiger charge is 2.25. The van der Waals surface area contributed by atoms with Gasteiger partial charge in [-0.15, -0.1) is 0 Å². The van der Waals surface area contributed by atoms with Gasteiger partial charge >= 0.3 is 0 Å². The van der Waals surface area contributed by atoms with Crippen molar-refractivity contribution in [2.75, 3.05) is 0 Å². The third-order valence-corrected chi connectivity index (χ3v) is 3.63. The number of rotatable bonds is 5. The molecular weight excluding hydrogens is 208 g/mol. The predicted octanol–water partition coefficient (Wildman–Crippen LogP) is 4.60. The summed E-state index contributed by atoms with van der Waals surface area (Å²) in [6, 6.07) is 8.13. The summed E-state index contributed by atoms with van der Waals surface area (Å²) < 4.78 is 0. The molecule has 0 heterocycles. The van der Waals surface area contributed by atoms with Crippen molar-refractivity contribution in [2.24, 2.45) is 5.92 Å². The highest BCUT2D eigenvalue weighted by atomic mass is 16.1. The molecule has 0 aliphatic carbocycles. The monoisotopic (exact) mass is 232 g/mol. The van der Waals surface area contributed by atoms with Gasteiger partial charge in [-0.3, -0.25) is 4.79 Å². The molecule has 94 valence electrons. The summed E-state index contributed by atoms with van der Waals surface area (Å²) in [7, 11) is 0. The van der Waals surface area contributed by atoms with Crippen LogP contribution >= 0.6 is 0 Å². The van der Waals surface area contributed by atoms with E-state index in [0.29, 0.717) is 5.92 Å². The lowest BCUT2D eigenvalue weighted by Crippen LogP contribution is -2.23. The largest absolute Gasteiger partial charge is 0.295 e. The summed E-state index contributed by atoms with van der Waals surface area (Å²) in [5.41, 5.74) is 2.37. The molecule has 1 nitrogen and oxygen atoms in total. The fourth-order valence-corrected chi connectivity index (χ4v) is 2.47. The van der Waals surface area contributed by atoms with E-state index in [2.05, 4.69) is 39.8 Å². The van der Waals surface area contributed by atoms with Gasteiger partial charge in [-0.1, -0.05) is 52.0 Å². The Labute approximate surface area is 105 Å². The Bertz CT molecular complexity index is 375. The first-order valence-corrected chi connectivity index (χ1v) is 6.50. The predicted molar refractivity (Wildman–Crippen MR) is 73.5 cm³/mol. The average molecular weight is 232 g/mol. The van der Waals surface area contributed by atoms with Gasteiger partial charge in [-0.05, 0) is 36.7 Å². The summed E-state index contributed by atoms with van der Waals surface area (Å²) in [5, 5.41) is 0. The second kappa shape index (κ2) is 5.48. The van der Waals surface area contributed by atoms with Gasteiger partial charge in [0.1, 0.15) is 0 Å². The maximum atomic E-state index is 11.3. The average Bonchev–Trinajstić information content (AvgIpc) is 2.28. The molecule has 1 aromatic rings. The molecule has 0 aliphatic rings. The van der Waals surface area contributed by atoms with E-state index < -0.39 is 0 Å². The molecule has 0 aliphatic heterocycles. The van der Waals surface area contributed by atoms with Crippen LogP contribution in [0, 0.1) is 5.92 Å². The summed E-state index contributed by atoms with van der Waals surface area (Å²) in [5.74, 6) is 0.825. The SMILES string of the molecule is CCC(C)(CC(C)C)c1ccc(C(C)=O)cc1. The number of benzene rings is 1. The molecule has 1 atom stereocenters. The van der Waals surface area contributed by atoms with E-state index in [4.69, 9.17) is 0 Å². The molecule has 1 aromatic carbocycles. The first-order chi connectivity index (χ1) is 7.89. The summed E-state index contributed by atoms with van der Waals surface area (Å²) in [6.07, 6.45) is 2.31. The smallest absolute Gasteiger partial charge is 0.159 e. The Hall–Kier alpha value is -1.11. The molecule has 17 heavy (non-hydrogen) atoms. The van der Waals surface area contributed by atoms with Crippen LogP contribution in [0.15, 0.2) is 24.3 Å². The minimum atomic E-state index is 0.138. The zero-order valence-electron chi connectivity index (χ0n) is 11.7. The second-order valence-corrected chi connectivity index (χ2v) is 5.65.